The predicted octanol–water partition coefficient (Wildman–Crippen LogP) is 7.97. The van der Waals surface area contributed by atoms with E-state index in [-0.39, 0.29) is 18.3 Å². The Morgan fingerprint density at radius 2 is 1.37 bits per heavy atom. The first kappa shape index (κ1) is 41.7. The second kappa shape index (κ2) is 24.3. The average Bonchev–Trinajstić information content (AvgIpc) is 3.43. The number of methoxy groups -OCH3 is 2. The average molecular weight is 715 g/mol. The van der Waals surface area contributed by atoms with Crippen LogP contribution in [0.5, 0.6) is 5.75 Å². The lowest BCUT2D eigenvalue weighted by atomic mass is 9.69. The summed E-state index contributed by atoms with van der Waals surface area (Å²) in [6.45, 7) is 11.4. The van der Waals surface area contributed by atoms with E-state index in [4.69, 9.17) is 42.6 Å². The first-order valence-corrected chi connectivity index (χ1v) is 19.3. The summed E-state index contributed by atoms with van der Waals surface area (Å²) in [6, 6.07) is 16.8. The molecule has 288 valence electrons. The Bertz CT molecular complexity index is 1180. The molecule has 0 amide bonds. The van der Waals surface area contributed by atoms with Crippen molar-refractivity contribution in [2.45, 2.75) is 90.3 Å². The van der Waals surface area contributed by atoms with Gasteiger partial charge in [0.15, 0.2) is 6.79 Å². The Labute approximate surface area is 307 Å². The number of ether oxygens (including phenoxy) is 9. The zero-order valence-electron chi connectivity index (χ0n) is 32.0. The Balaban J connectivity index is 1.06. The number of rotatable bonds is 28. The van der Waals surface area contributed by atoms with E-state index in [2.05, 4.69) is 44.2 Å². The molecular formula is C42H66O9. The summed E-state index contributed by atoms with van der Waals surface area (Å²) in [4.78, 5) is 0. The van der Waals surface area contributed by atoms with Crippen LogP contribution in [0.15, 0.2) is 48.5 Å². The molecule has 0 spiro atoms. The first-order chi connectivity index (χ1) is 25.0. The van der Waals surface area contributed by atoms with E-state index in [0.717, 1.165) is 31.6 Å². The summed E-state index contributed by atoms with van der Waals surface area (Å²) in [6.07, 6.45) is 10.8. The predicted molar refractivity (Wildman–Crippen MR) is 199 cm³/mol. The number of hydrogen-bond donors (Lipinski definition) is 0. The maximum Gasteiger partial charge on any atom is 0.188 e. The summed E-state index contributed by atoms with van der Waals surface area (Å²) in [5, 5.41) is 0. The van der Waals surface area contributed by atoms with Gasteiger partial charge in [-0.1, -0.05) is 63.1 Å². The molecule has 5 unspecified atom stereocenters. The quantitative estimate of drug-likeness (QED) is 0.0644. The van der Waals surface area contributed by atoms with Gasteiger partial charge < -0.3 is 42.6 Å². The molecule has 1 saturated carbocycles. The lowest BCUT2D eigenvalue weighted by molar-refractivity contribution is -0.112. The lowest BCUT2D eigenvalue weighted by Crippen LogP contribution is -2.35. The Morgan fingerprint density at radius 3 is 2.06 bits per heavy atom. The number of fused-ring (bicyclic) bond motifs is 1. The maximum absolute atomic E-state index is 6.19. The molecule has 0 heterocycles. The van der Waals surface area contributed by atoms with Gasteiger partial charge in [-0.15, -0.1) is 0 Å². The van der Waals surface area contributed by atoms with Gasteiger partial charge in [-0.05, 0) is 96.9 Å². The van der Waals surface area contributed by atoms with Gasteiger partial charge in [-0.2, -0.15) is 0 Å². The second-order valence-corrected chi connectivity index (χ2v) is 14.5. The molecule has 9 heteroatoms. The van der Waals surface area contributed by atoms with E-state index in [1.54, 1.807) is 14.2 Å². The van der Waals surface area contributed by atoms with Crippen molar-refractivity contribution in [1.29, 1.82) is 0 Å². The molecule has 1 fully saturated rings. The molecule has 9 nitrogen and oxygen atoms in total. The van der Waals surface area contributed by atoms with Gasteiger partial charge in [0.25, 0.3) is 0 Å². The molecule has 51 heavy (non-hydrogen) atoms. The zero-order chi connectivity index (χ0) is 36.0. The zero-order valence-corrected chi connectivity index (χ0v) is 32.0. The molecule has 0 aliphatic heterocycles. The SMILES string of the molecule is COCOc1ccc2c(c1)CC(CCCCOCCOCCOCCOCCOCc1ccccc1)CC2CCC1(C)C(C)CCC1OCOC. The van der Waals surface area contributed by atoms with Crippen molar-refractivity contribution in [3.63, 3.8) is 0 Å². The summed E-state index contributed by atoms with van der Waals surface area (Å²) >= 11 is 0. The van der Waals surface area contributed by atoms with E-state index in [1.807, 2.05) is 18.2 Å². The largest absolute Gasteiger partial charge is 0.468 e. The molecule has 0 N–H and O–H groups in total. The second-order valence-electron chi connectivity index (χ2n) is 14.5. The molecular weight excluding hydrogens is 648 g/mol. The molecule has 0 radical (unpaired) electrons. The highest BCUT2D eigenvalue weighted by Crippen LogP contribution is 2.50. The maximum atomic E-state index is 6.19. The Hall–Kier alpha value is -2.08. The number of unbranched alkanes of at least 4 members (excludes halogenated alkanes) is 1. The van der Waals surface area contributed by atoms with Crippen LogP contribution in [0.3, 0.4) is 0 Å². The highest BCUT2D eigenvalue weighted by Gasteiger charge is 2.45. The fourth-order valence-electron chi connectivity index (χ4n) is 7.77. The normalized spacial score (nSPS) is 23.1. The number of benzene rings is 2. The summed E-state index contributed by atoms with van der Waals surface area (Å²) in [5.74, 6) is 2.76. The Kier molecular flexibility index (Phi) is 19.8. The van der Waals surface area contributed by atoms with E-state index in [9.17, 15) is 0 Å². The third-order valence-corrected chi connectivity index (χ3v) is 10.9. The van der Waals surface area contributed by atoms with Crippen LogP contribution >= 0.6 is 0 Å². The van der Waals surface area contributed by atoms with E-state index in [1.165, 1.54) is 55.2 Å². The van der Waals surface area contributed by atoms with Crippen LogP contribution in [0.1, 0.15) is 87.8 Å². The van der Waals surface area contributed by atoms with E-state index in [0.29, 0.717) is 84.0 Å². The highest BCUT2D eigenvalue weighted by atomic mass is 16.7. The first-order valence-electron chi connectivity index (χ1n) is 19.3. The van der Waals surface area contributed by atoms with Gasteiger partial charge in [0.1, 0.15) is 12.5 Å². The van der Waals surface area contributed by atoms with Crippen molar-refractivity contribution in [1.82, 2.24) is 0 Å². The van der Waals surface area contributed by atoms with Crippen molar-refractivity contribution in [3.05, 3.63) is 65.2 Å². The third-order valence-electron chi connectivity index (χ3n) is 10.9. The summed E-state index contributed by atoms with van der Waals surface area (Å²) in [7, 11) is 3.38. The van der Waals surface area contributed by atoms with Crippen molar-refractivity contribution in [2.75, 3.05) is 87.3 Å². The van der Waals surface area contributed by atoms with Crippen LogP contribution in [-0.4, -0.2) is 93.4 Å². The van der Waals surface area contributed by atoms with Gasteiger partial charge in [0.2, 0.25) is 0 Å². The Morgan fingerprint density at radius 1 is 0.706 bits per heavy atom. The van der Waals surface area contributed by atoms with Crippen molar-refractivity contribution < 1.29 is 42.6 Å². The number of hydrogen-bond acceptors (Lipinski definition) is 9. The molecule has 2 aromatic carbocycles. The van der Waals surface area contributed by atoms with Gasteiger partial charge in [0, 0.05) is 20.8 Å². The molecule has 0 bridgehead atoms. The minimum absolute atomic E-state index is 0.176. The molecule has 0 saturated heterocycles. The molecule has 0 aromatic heterocycles. The van der Waals surface area contributed by atoms with Gasteiger partial charge in [-0.25, -0.2) is 0 Å². The van der Waals surface area contributed by atoms with Crippen LogP contribution in [-0.2, 0) is 50.9 Å². The van der Waals surface area contributed by atoms with E-state index >= 15 is 0 Å². The smallest absolute Gasteiger partial charge is 0.188 e. The van der Waals surface area contributed by atoms with Crippen LogP contribution in [0, 0.1) is 17.3 Å². The minimum atomic E-state index is 0.176. The topological polar surface area (TPSA) is 83.1 Å². The van der Waals surface area contributed by atoms with Crippen molar-refractivity contribution >= 4 is 0 Å². The molecule has 2 aliphatic rings. The van der Waals surface area contributed by atoms with Crippen LogP contribution in [0.4, 0.5) is 0 Å². The minimum Gasteiger partial charge on any atom is -0.468 e. The summed E-state index contributed by atoms with van der Waals surface area (Å²) in [5.41, 5.74) is 4.29. The van der Waals surface area contributed by atoms with Gasteiger partial charge in [0.05, 0.1) is 65.6 Å². The molecule has 2 aromatic rings. The summed E-state index contributed by atoms with van der Waals surface area (Å²) < 4.78 is 50.8. The van der Waals surface area contributed by atoms with Crippen LogP contribution < -0.4 is 4.74 Å². The van der Waals surface area contributed by atoms with Crippen molar-refractivity contribution in [3.8, 4) is 5.75 Å². The van der Waals surface area contributed by atoms with Crippen LogP contribution in [0.25, 0.3) is 0 Å². The fourth-order valence-corrected chi connectivity index (χ4v) is 7.77. The van der Waals surface area contributed by atoms with Crippen LogP contribution in [0.2, 0.25) is 0 Å². The van der Waals surface area contributed by atoms with Gasteiger partial charge in [-0.3, -0.25) is 0 Å². The monoisotopic (exact) mass is 714 g/mol. The van der Waals surface area contributed by atoms with Gasteiger partial charge >= 0.3 is 0 Å². The molecule has 4 rings (SSSR count). The fraction of sp³-hybridized carbons (Fsp3) is 0.714. The van der Waals surface area contributed by atoms with Crippen molar-refractivity contribution in [2.24, 2.45) is 17.3 Å². The standard InChI is InChI=1S/C42H66O9/c1-34-13-16-41(51-33-44-4)42(34,2)18-17-37-28-36(29-38-30-39(50-32-43-3)14-15-40(37)38)12-8-9-19-45-20-21-46-22-23-47-24-25-48-26-27-49-31-35-10-6-5-7-11-35/h5-7,10-11,14-15,30,34,36-37,41H,8-9,12-13,16-29,31-33H2,1-4H3. The third kappa shape index (κ3) is 14.7. The lowest BCUT2D eigenvalue weighted by Gasteiger charge is -2.38. The molecule has 2 aliphatic carbocycles. The molecule has 5 atom stereocenters. The highest BCUT2D eigenvalue weighted by molar-refractivity contribution is 5.40. The van der Waals surface area contributed by atoms with E-state index < -0.39 is 0 Å².